The van der Waals surface area contributed by atoms with E-state index >= 15 is 0 Å². The Morgan fingerprint density at radius 1 is 1.22 bits per heavy atom. The number of methoxy groups -OCH3 is 1. The number of carbonyl (C=O) groups excluding carboxylic acids is 1. The summed E-state index contributed by atoms with van der Waals surface area (Å²) < 4.78 is 16.8. The molecule has 0 unspecified atom stereocenters. The zero-order chi connectivity index (χ0) is 23.1. The van der Waals surface area contributed by atoms with Gasteiger partial charge in [0.2, 0.25) is 0 Å². The van der Waals surface area contributed by atoms with Gasteiger partial charge in [-0.3, -0.25) is 9.69 Å². The number of nitrogens with zero attached hydrogens (tertiary/aromatic N) is 2. The summed E-state index contributed by atoms with van der Waals surface area (Å²) >= 11 is 7.82. The predicted octanol–water partition coefficient (Wildman–Crippen LogP) is 5.78. The first kappa shape index (κ1) is 24.2. The normalized spacial score (nSPS) is 16.4. The van der Waals surface area contributed by atoms with Crippen molar-refractivity contribution >= 4 is 46.2 Å². The van der Waals surface area contributed by atoms with E-state index in [0.717, 1.165) is 11.3 Å². The number of para-hydroxylation sites is 1. The molecule has 0 spiro atoms. The number of halogens is 1. The Morgan fingerprint density at radius 3 is 2.62 bits per heavy atom. The number of amidine groups is 1. The SMILES string of the molecule is CCOc1cc(C=C2SC(=Nc3ccccc3)N(CCOC)C2=O)cc(Cl)c1OC(C)C. The largest absolute Gasteiger partial charge is 0.490 e. The first-order valence-electron chi connectivity index (χ1n) is 10.4. The molecule has 0 bridgehead atoms. The van der Waals surface area contributed by atoms with Gasteiger partial charge in [-0.15, -0.1) is 0 Å². The van der Waals surface area contributed by atoms with Gasteiger partial charge in [0.15, 0.2) is 16.7 Å². The average Bonchev–Trinajstić information content (AvgIpc) is 3.04. The third kappa shape index (κ3) is 6.06. The van der Waals surface area contributed by atoms with Gasteiger partial charge in [-0.1, -0.05) is 29.8 Å². The van der Waals surface area contributed by atoms with Crippen molar-refractivity contribution < 1.29 is 19.0 Å². The van der Waals surface area contributed by atoms with Crippen LogP contribution in [0.5, 0.6) is 11.5 Å². The number of hydrogen-bond donors (Lipinski definition) is 0. The number of rotatable bonds is 9. The van der Waals surface area contributed by atoms with Gasteiger partial charge in [0.05, 0.1) is 41.5 Å². The molecule has 1 aliphatic heterocycles. The van der Waals surface area contributed by atoms with Gasteiger partial charge in [-0.25, -0.2) is 4.99 Å². The quantitative estimate of drug-likeness (QED) is 0.431. The highest BCUT2D eigenvalue weighted by Crippen LogP contribution is 2.40. The minimum Gasteiger partial charge on any atom is -0.490 e. The molecule has 1 fully saturated rings. The average molecular weight is 475 g/mol. The molecule has 6 nitrogen and oxygen atoms in total. The van der Waals surface area contributed by atoms with Gasteiger partial charge in [-0.2, -0.15) is 0 Å². The van der Waals surface area contributed by atoms with Gasteiger partial charge < -0.3 is 14.2 Å². The second-order valence-corrected chi connectivity index (χ2v) is 8.64. The lowest BCUT2D eigenvalue weighted by Crippen LogP contribution is -2.32. The maximum absolute atomic E-state index is 13.1. The van der Waals surface area contributed by atoms with Gasteiger partial charge in [0.25, 0.3) is 5.91 Å². The zero-order valence-corrected chi connectivity index (χ0v) is 20.2. The number of aliphatic imine (C=N–C) groups is 1. The van der Waals surface area contributed by atoms with E-state index in [9.17, 15) is 4.79 Å². The van der Waals surface area contributed by atoms with Crippen LogP contribution in [-0.4, -0.2) is 48.9 Å². The van der Waals surface area contributed by atoms with Crippen LogP contribution in [0.25, 0.3) is 6.08 Å². The van der Waals surface area contributed by atoms with Crippen LogP contribution in [-0.2, 0) is 9.53 Å². The van der Waals surface area contributed by atoms with Gasteiger partial charge in [-0.05, 0) is 68.4 Å². The first-order valence-corrected chi connectivity index (χ1v) is 11.6. The highest BCUT2D eigenvalue weighted by molar-refractivity contribution is 8.18. The molecule has 2 aromatic carbocycles. The molecule has 0 aliphatic carbocycles. The highest BCUT2D eigenvalue weighted by Gasteiger charge is 2.33. The third-order valence-corrected chi connectivity index (χ3v) is 5.66. The third-order valence-electron chi connectivity index (χ3n) is 4.37. The standard InChI is InChI=1S/C24H27ClN2O4S/c1-5-30-20-14-17(13-19(25)22(20)31-16(2)3)15-21-23(28)27(11-12-29-4)24(32-21)26-18-9-7-6-8-10-18/h6-10,13-16H,5,11-12H2,1-4H3. The number of amides is 1. The molecule has 170 valence electrons. The maximum atomic E-state index is 13.1. The topological polar surface area (TPSA) is 60.4 Å². The smallest absolute Gasteiger partial charge is 0.266 e. The van der Waals surface area contributed by atoms with Crippen LogP contribution in [0.1, 0.15) is 26.3 Å². The van der Waals surface area contributed by atoms with Crippen LogP contribution in [0, 0.1) is 0 Å². The van der Waals surface area contributed by atoms with Crippen LogP contribution in [0.15, 0.2) is 52.4 Å². The summed E-state index contributed by atoms with van der Waals surface area (Å²) in [7, 11) is 1.61. The molecule has 8 heteroatoms. The molecule has 0 N–H and O–H groups in total. The summed E-state index contributed by atoms with van der Waals surface area (Å²) in [5, 5.41) is 1.04. The minimum absolute atomic E-state index is 0.0472. The molecule has 1 heterocycles. The number of benzene rings is 2. The van der Waals surface area contributed by atoms with E-state index in [0.29, 0.717) is 46.4 Å². The summed E-state index contributed by atoms with van der Waals surface area (Å²) in [5.41, 5.74) is 1.53. The van der Waals surface area contributed by atoms with Crippen LogP contribution in [0.2, 0.25) is 5.02 Å². The van der Waals surface area contributed by atoms with Crippen molar-refractivity contribution in [2.45, 2.75) is 26.9 Å². The molecule has 0 radical (unpaired) electrons. The Kier molecular flexibility index (Phi) is 8.61. The lowest BCUT2D eigenvalue weighted by Gasteiger charge is -2.16. The Labute approximate surface area is 198 Å². The summed E-state index contributed by atoms with van der Waals surface area (Å²) in [5.74, 6) is 0.924. The molecule has 0 saturated carbocycles. The summed E-state index contributed by atoms with van der Waals surface area (Å²) in [6.07, 6.45) is 1.75. The second-order valence-electron chi connectivity index (χ2n) is 7.22. The monoisotopic (exact) mass is 474 g/mol. The van der Waals surface area contributed by atoms with Crippen LogP contribution in [0.4, 0.5) is 5.69 Å². The Bertz CT molecular complexity index is 1010. The van der Waals surface area contributed by atoms with Crippen molar-refractivity contribution in [3.05, 3.63) is 58.0 Å². The fourth-order valence-electron chi connectivity index (χ4n) is 3.02. The summed E-state index contributed by atoms with van der Waals surface area (Å²) in [6.45, 7) is 7.05. The summed E-state index contributed by atoms with van der Waals surface area (Å²) in [6, 6.07) is 13.2. The molecule has 0 aromatic heterocycles. The molecule has 3 rings (SSSR count). The maximum Gasteiger partial charge on any atom is 0.266 e. The van der Waals surface area contributed by atoms with E-state index < -0.39 is 0 Å². The second kappa shape index (κ2) is 11.4. The summed E-state index contributed by atoms with van der Waals surface area (Å²) in [4.78, 5) is 20.0. The van der Waals surface area contributed by atoms with Crippen LogP contribution < -0.4 is 9.47 Å². The van der Waals surface area contributed by atoms with E-state index in [-0.39, 0.29) is 12.0 Å². The molecule has 2 aromatic rings. The highest BCUT2D eigenvalue weighted by atomic mass is 35.5. The molecule has 1 amide bonds. The van der Waals surface area contributed by atoms with E-state index in [1.54, 1.807) is 24.2 Å². The van der Waals surface area contributed by atoms with E-state index in [2.05, 4.69) is 4.99 Å². The fourth-order valence-corrected chi connectivity index (χ4v) is 4.31. The first-order chi connectivity index (χ1) is 15.4. The minimum atomic E-state index is -0.127. The van der Waals surface area contributed by atoms with Gasteiger partial charge in [0, 0.05) is 7.11 Å². The van der Waals surface area contributed by atoms with Gasteiger partial charge in [0.1, 0.15) is 0 Å². The van der Waals surface area contributed by atoms with Crippen molar-refractivity contribution in [1.82, 2.24) is 4.90 Å². The molecule has 1 saturated heterocycles. The Balaban J connectivity index is 1.96. The van der Waals surface area contributed by atoms with Crippen molar-refractivity contribution in [2.75, 3.05) is 26.9 Å². The van der Waals surface area contributed by atoms with E-state index in [1.165, 1.54) is 11.8 Å². The van der Waals surface area contributed by atoms with E-state index in [4.69, 9.17) is 25.8 Å². The zero-order valence-electron chi connectivity index (χ0n) is 18.6. The van der Waals surface area contributed by atoms with Crippen LogP contribution >= 0.6 is 23.4 Å². The lowest BCUT2D eigenvalue weighted by molar-refractivity contribution is -0.122. The molecule has 32 heavy (non-hydrogen) atoms. The molecular formula is C24H27ClN2O4S. The van der Waals surface area contributed by atoms with E-state index in [1.807, 2.05) is 57.2 Å². The number of hydrogen-bond acceptors (Lipinski definition) is 6. The Hall–Kier alpha value is -2.48. The molecular weight excluding hydrogens is 448 g/mol. The van der Waals surface area contributed by atoms with Crippen LogP contribution in [0.3, 0.4) is 0 Å². The number of carbonyl (C=O) groups is 1. The number of thioether (sulfide) groups is 1. The van der Waals surface area contributed by atoms with Crippen molar-refractivity contribution in [1.29, 1.82) is 0 Å². The lowest BCUT2D eigenvalue weighted by atomic mass is 10.1. The molecule has 1 aliphatic rings. The fraction of sp³-hybridized carbons (Fsp3) is 0.333. The van der Waals surface area contributed by atoms with Crippen molar-refractivity contribution in [3.8, 4) is 11.5 Å². The number of ether oxygens (including phenoxy) is 3. The van der Waals surface area contributed by atoms with Gasteiger partial charge >= 0.3 is 0 Å². The van der Waals surface area contributed by atoms with Crippen molar-refractivity contribution in [2.24, 2.45) is 4.99 Å². The predicted molar refractivity (Wildman–Crippen MR) is 131 cm³/mol. The van der Waals surface area contributed by atoms with Crippen molar-refractivity contribution in [3.63, 3.8) is 0 Å². The molecule has 0 atom stereocenters. The Morgan fingerprint density at radius 2 is 1.97 bits per heavy atom.